The molecule has 2 N–H and O–H groups in total. The number of carbonyl (C=O) groups is 1. The van der Waals surface area contributed by atoms with E-state index in [1.165, 1.54) is 12.8 Å². The Morgan fingerprint density at radius 3 is 2.14 bits per heavy atom. The lowest BCUT2D eigenvalue weighted by Crippen LogP contribution is -2.25. The van der Waals surface area contributed by atoms with Crippen LogP contribution in [0.25, 0.3) is 22.5 Å². The van der Waals surface area contributed by atoms with Crippen LogP contribution in [0.2, 0.25) is 10.0 Å². The number of unbranched alkanes of at least 4 members (excludes halogenated alkanes) is 3. The van der Waals surface area contributed by atoms with Crippen LogP contribution in [0.4, 0.5) is 0 Å². The summed E-state index contributed by atoms with van der Waals surface area (Å²) in [5, 5.41) is 4.25. The van der Waals surface area contributed by atoms with Gasteiger partial charge in [0.15, 0.2) is 5.82 Å². The lowest BCUT2D eigenvalue weighted by molar-refractivity contribution is 0.0943. The summed E-state index contributed by atoms with van der Waals surface area (Å²) < 4.78 is 0. The van der Waals surface area contributed by atoms with Gasteiger partial charge >= 0.3 is 0 Å². The molecule has 4 nitrogen and oxygen atoms in total. The van der Waals surface area contributed by atoms with Crippen molar-refractivity contribution >= 4 is 29.1 Å². The fourth-order valence-electron chi connectivity index (χ4n) is 2.96. The molecule has 1 amide bonds. The van der Waals surface area contributed by atoms with Crippen LogP contribution in [-0.4, -0.2) is 22.4 Å². The summed E-state index contributed by atoms with van der Waals surface area (Å²) in [6.07, 6.45) is 4.43. The standard InChI is InChI=1S/C22H23Cl2N3O/c1-2-3-4-5-14-25-22(28)21-26-19(15-6-10-17(23)11-7-15)20(27-21)16-8-12-18(24)13-9-16/h6-13H,2-5,14H2,1H3,(H,25,28)(H,26,27). The van der Waals surface area contributed by atoms with Gasteiger partial charge in [0.2, 0.25) is 0 Å². The number of hydrogen-bond donors (Lipinski definition) is 2. The van der Waals surface area contributed by atoms with Gasteiger partial charge in [-0.2, -0.15) is 0 Å². The van der Waals surface area contributed by atoms with Crippen molar-refractivity contribution in [2.24, 2.45) is 0 Å². The summed E-state index contributed by atoms with van der Waals surface area (Å²) in [4.78, 5) is 20.3. The number of benzene rings is 2. The number of hydrogen-bond acceptors (Lipinski definition) is 2. The number of imidazole rings is 1. The van der Waals surface area contributed by atoms with Crippen molar-refractivity contribution in [3.8, 4) is 22.5 Å². The summed E-state index contributed by atoms with van der Waals surface area (Å²) in [6.45, 7) is 2.81. The summed E-state index contributed by atoms with van der Waals surface area (Å²) in [6, 6.07) is 14.8. The first kappa shape index (κ1) is 20.4. The molecule has 3 aromatic rings. The van der Waals surface area contributed by atoms with Gasteiger partial charge in [-0.15, -0.1) is 0 Å². The van der Waals surface area contributed by atoms with Crippen molar-refractivity contribution in [1.82, 2.24) is 15.3 Å². The van der Waals surface area contributed by atoms with E-state index in [9.17, 15) is 4.79 Å². The fourth-order valence-corrected chi connectivity index (χ4v) is 3.21. The summed E-state index contributed by atoms with van der Waals surface area (Å²) in [5.74, 6) is 0.0947. The molecule has 0 radical (unpaired) electrons. The highest BCUT2D eigenvalue weighted by molar-refractivity contribution is 6.31. The Kier molecular flexibility index (Phi) is 7.12. The van der Waals surface area contributed by atoms with Crippen molar-refractivity contribution in [2.45, 2.75) is 32.6 Å². The van der Waals surface area contributed by atoms with Crippen molar-refractivity contribution in [2.75, 3.05) is 6.54 Å². The van der Waals surface area contributed by atoms with E-state index < -0.39 is 0 Å². The first-order chi connectivity index (χ1) is 13.6. The molecule has 0 atom stereocenters. The monoisotopic (exact) mass is 415 g/mol. The Labute approximate surface area is 175 Å². The molecule has 0 aliphatic heterocycles. The molecule has 0 fully saturated rings. The van der Waals surface area contributed by atoms with Crippen LogP contribution in [0.5, 0.6) is 0 Å². The minimum absolute atomic E-state index is 0.202. The molecular formula is C22H23Cl2N3O. The van der Waals surface area contributed by atoms with Crippen LogP contribution in [0.3, 0.4) is 0 Å². The molecule has 28 heavy (non-hydrogen) atoms. The molecule has 3 rings (SSSR count). The second kappa shape index (κ2) is 9.76. The lowest BCUT2D eigenvalue weighted by Gasteiger charge is -2.03. The third-order valence-corrected chi connectivity index (χ3v) is 4.99. The van der Waals surface area contributed by atoms with Crippen LogP contribution in [-0.2, 0) is 0 Å². The number of carbonyl (C=O) groups excluding carboxylic acids is 1. The van der Waals surface area contributed by atoms with Crippen LogP contribution < -0.4 is 5.32 Å². The van der Waals surface area contributed by atoms with Crippen molar-refractivity contribution in [3.63, 3.8) is 0 Å². The molecule has 0 saturated carbocycles. The maximum Gasteiger partial charge on any atom is 0.287 e. The average molecular weight is 416 g/mol. The first-order valence-corrected chi connectivity index (χ1v) is 10.2. The Balaban J connectivity index is 1.88. The van der Waals surface area contributed by atoms with E-state index >= 15 is 0 Å². The Hall–Kier alpha value is -2.30. The lowest BCUT2D eigenvalue weighted by atomic mass is 10.1. The van der Waals surface area contributed by atoms with Gasteiger partial charge in [0, 0.05) is 27.7 Å². The van der Waals surface area contributed by atoms with E-state index in [2.05, 4.69) is 22.2 Å². The summed E-state index contributed by atoms with van der Waals surface area (Å²) in [7, 11) is 0. The fraction of sp³-hybridized carbons (Fsp3) is 0.273. The largest absolute Gasteiger partial charge is 0.349 e. The molecular weight excluding hydrogens is 393 g/mol. The third-order valence-electron chi connectivity index (χ3n) is 4.49. The van der Waals surface area contributed by atoms with Gasteiger partial charge < -0.3 is 10.3 Å². The number of amides is 1. The zero-order valence-electron chi connectivity index (χ0n) is 15.8. The molecule has 0 aliphatic carbocycles. The van der Waals surface area contributed by atoms with Gasteiger partial charge in [-0.25, -0.2) is 4.98 Å². The van der Waals surface area contributed by atoms with Crippen molar-refractivity contribution in [3.05, 3.63) is 64.4 Å². The average Bonchev–Trinajstić information content (AvgIpc) is 3.14. The molecule has 0 spiro atoms. The molecule has 6 heteroatoms. The SMILES string of the molecule is CCCCCCNC(=O)c1nc(-c2ccc(Cl)cc2)c(-c2ccc(Cl)cc2)[nH]1. The van der Waals surface area contributed by atoms with Gasteiger partial charge in [0.1, 0.15) is 0 Å². The van der Waals surface area contributed by atoms with Crippen LogP contribution in [0.15, 0.2) is 48.5 Å². The topological polar surface area (TPSA) is 57.8 Å². The number of halogens is 2. The summed E-state index contributed by atoms with van der Waals surface area (Å²) in [5.41, 5.74) is 3.27. The van der Waals surface area contributed by atoms with Crippen molar-refractivity contribution < 1.29 is 4.79 Å². The first-order valence-electron chi connectivity index (χ1n) is 9.48. The highest BCUT2D eigenvalue weighted by Gasteiger charge is 2.18. The molecule has 0 unspecified atom stereocenters. The highest BCUT2D eigenvalue weighted by atomic mass is 35.5. The third kappa shape index (κ3) is 5.15. The number of nitrogens with one attached hydrogen (secondary N) is 2. The van der Waals surface area contributed by atoms with E-state index in [0.29, 0.717) is 28.1 Å². The highest BCUT2D eigenvalue weighted by Crippen LogP contribution is 2.31. The summed E-state index contributed by atoms with van der Waals surface area (Å²) >= 11 is 12.0. The van der Waals surface area contributed by atoms with Gasteiger partial charge in [0.25, 0.3) is 5.91 Å². The molecule has 0 bridgehead atoms. The van der Waals surface area contributed by atoms with E-state index in [1.807, 2.05) is 48.5 Å². The number of aromatic amines is 1. The molecule has 0 aliphatic rings. The molecule has 146 valence electrons. The number of nitrogens with zero attached hydrogens (tertiary/aromatic N) is 1. The normalized spacial score (nSPS) is 10.8. The predicted molar refractivity (Wildman–Crippen MR) is 116 cm³/mol. The quantitative estimate of drug-likeness (QED) is 0.420. The van der Waals surface area contributed by atoms with Gasteiger partial charge in [-0.05, 0) is 30.7 Å². The minimum atomic E-state index is -0.202. The Bertz CT molecular complexity index is 855. The molecule has 1 heterocycles. The van der Waals surface area contributed by atoms with Gasteiger partial charge in [-0.3, -0.25) is 4.79 Å². The maximum atomic E-state index is 12.6. The molecule has 2 aromatic carbocycles. The second-order valence-corrected chi connectivity index (χ2v) is 7.51. The second-order valence-electron chi connectivity index (χ2n) is 6.64. The smallest absolute Gasteiger partial charge is 0.287 e. The maximum absolute atomic E-state index is 12.6. The minimum Gasteiger partial charge on any atom is -0.349 e. The molecule has 1 aromatic heterocycles. The van der Waals surface area contributed by atoms with E-state index in [4.69, 9.17) is 23.2 Å². The van der Waals surface area contributed by atoms with Crippen molar-refractivity contribution in [1.29, 1.82) is 0 Å². The van der Waals surface area contributed by atoms with E-state index in [1.54, 1.807) is 0 Å². The van der Waals surface area contributed by atoms with Crippen LogP contribution >= 0.6 is 23.2 Å². The molecule has 0 saturated heterocycles. The van der Waals surface area contributed by atoms with Crippen LogP contribution in [0.1, 0.15) is 43.2 Å². The Morgan fingerprint density at radius 1 is 0.929 bits per heavy atom. The van der Waals surface area contributed by atoms with E-state index in [0.717, 1.165) is 29.7 Å². The number of aromatic nitrogens is 2. The number of rotatable bonds is 8. The number of H-pyrrole nitrogens is 1. The Morgan fingerprint density at radius 2 is 1.54 bits per heavy atom. The van der Waals surface area contributed by atoms with E-state index in [-0.39, 0.29) is 5.91 Å². The zero-order valence-corrected chi connectivity index (χ0v) is 17.3. The predicted octanol–water partition coefficient (Wildman–Crippen LogP) is 6.36. The van der Waals surface area contributed by atoms with Gasteiger partial charge in [-0.1, -0.05) is 73.7 Å². The van der Waals surface area contributed by atoms with Crippen LogP contribution in [0, 0.1) is 0 Å². The van der Waals surface area contributed by atoms with Gasteiger partial charge in [0.05, 0.1) is 11.4 Å². The zero-order chi connectivity index (χ0) is 19.9.